The van der Waals surface area contributed by atoms with E-state index >= 15 is 0 Å². The van der Waals surface area contributed by atoms with Gasteiger partial charge in [0.2, 0.25) is 0 Å². The van der Waals surface area contributed by atoms with Gasteiger partial charge in [0.1, 0.15) is 15.7 Å². The van der Waals surface area contributed by atoms with Gasteiger partial charge < -0.3 is 5.11 Å². The maximum atomic E-state index is 10.3. The summed E-state index contributed by atoms with van der Waals surface area (Å²) in [6.45, 7) is 1.97. The monoisotopic (exact) mass is 334 g/mol. The van der Waals surface area contributed by atoms with Gasteiger partial charge in [-0.3, -0.25) is 4.98 Å². The third-order valence-electron chi connectivity index (χ3n) is 2.90. The van der Waals surface area contributed by atoms with Gasteiger partial charge in [-0.05, 0) is 46.6 Å². The fourth-order valence-electron chi connectivity index (χ4n) is 1.95. The van der Waals surface area contributed by atoms with Crippen LogP contribution >= 0.6 is 27.3 Å². The van der Waals surface area contributed by atoms with Gasteiger partial charge in [-0.25, -0.2) is 4.98 Å². The van der Waals surface area contributed by atoms with E-state index in [4.69, 9.17) is 0 Å². The number of aliphatic hydroxyl groups is 1. The van der Waals surface area contributed by atoms with Crippen molar-refractivity contribution < 1.29 is 5.11 Å². The average molecular weight is 335 g/mol. The number of hydrogen-bond acceptors (Lipinski definition) is 4. The fourth-order valence-corrected chi connectivity index (χ4v) is 3.23. The predicted molar refractivity (Wildman–Crippen MR) is 80.4 cm³/mol. The molecule has 1 N–H and O–H groups in total. The van der Waals surface area contributed by atoms with Crippen LogP contribution in [0.2, 0.25) is 0 Å². The molecule has 3 aromatic rings. The third kappa shape index (κ3) is 2.54. The molecule has 0 aliphatic carbocycles. The standard InChI is InChI=1S/C14H11BrN2OS/c1-8-2-3-9-6-10(4-5-11(9)16-8)13(18)14-17-12(15)7-19-14/h2-7,13,18H,1H3. The lowest BCUT2D eigenvalue weighted by Crippen LogP contribution is -1.99. The highest BCUT2D eigenvalue weighted by molar-refractivity contribution is 9.10. The van der Waals surface area contributed by atoms with E-state index in [2.05, 4.69) is 25.9 Å². The van der Waals surface area contributed by atoms with Gasteiger partial charge in [0.05, 0.1) is 5.52 Å². The summed E-state index contributed by atoms with van der Waals surface area (Å²) >= 11 is 4.74. The molecule has 0 fully saturated rings. The number of nitrogens with zero attached hydrogens (tertiary/aromatic N) is 2. The highest BCUT2D eigenvalue weighted by Gasteiger charge is 2.14. The summed E-state index contributed by atoms with van der Waals surface area (Å²) in [7, 11) is 0. The van der Waals surface area contributed by atoms with Crippen molar-refractivity contribution in [3.8, 4) is 0 Å². The Bertz CT molecular complexity index is 741. The number of thiazole rings is 1. The summed E-state index contributed by atoms with van der Waals surface area (Å²) in [6.07, 6.45) is -0.693. The molecule has 0 radical (unpaired) electrons. The normalized spacial score (nSPS) is 12.8. The zero-order valence-corrected chi connectivity index (χ0v) is 12.6. The molecule has 0 amide bonds. The van der Waals surface area contributed by atoms with Crippen LogP contribution in [0.15, 0.2) is 40.3 Å². The second-order valence-corrected chi connectivity index (χ2v) is 6.02. The van der Waals surface area contributed by atoms with E-state index in [1.807, 2.05) is 42.6 Å². The van der Waals surface area contributed by atoms with Crippen LogP contribution in [-0.2, 0) is 0 Å². The van der Waals surface area contributed by atoms with Crippen LogP contribution < -0.4 is 0 Å². The maximum absolute atomic E-state index is 10.3. The quantitative estimate of drug-likeness (QED) is 0.774. The topological polar surface area (TPSA) is 46.0 Å². The number of halogens is 1. The summed E-state index contributed by atoms with van der Waals surface area (Å²) < 4.78 is 0.754. The summed E-state index contributed by atoms with van der Waals surface area (Å²) in [4.78, 5) is 8.70. The van der Waals surface area contributed by atoms with Crippen molar-refractivity contribution >= 4 is 38.2 Å². The highest BCUT2D eigenvalue weighted by Crippen LogP contribution is 2.28. The summed E-state index contributed by atoms with van der Waals surface area (Å²) in [5.74, 6) is 0. The van der Waals surface area contributed by atoms with Crippen molar-refractivity contribution in [2.45, 2.75) is 13.0 Å². The molecule has 2 aromatic heterocycles. The van der Waals surface area contributed by atoms with Crippen molar-refractivity contribution in [2.24, 2.45) is 0 Å². The number of aryl methyl sites for hydroxylation is 1. The van der Waals surface area contributed by atoms with E-state index in [1.165, 1.54) is 11.3 Å². The SMILES string of the molecule is Cc1ccc2cc(C(O)c3nc(Br)cs3)ccc2n1. The predicted octanol–water partition coefficient (Wildman–Crippen LogP) is 3.84. The summed E-state index contributed by atoms with van der Waals surface area (Å²) in [5.41, 5.74) is 2.76. The van der Waals surface area contributed by atoms with Gasteiger partial charge in [-0.1, -0.05) is 12.1 Å². The Morgan fingerprint density at radius 2 is 2.05 bits per heavy atom. The first-order valence-electron chi connectivity index (χ1n) is 5.80. The Morgan fingerprint density at radius 3 is 2.79 bits per heavy atom. The Kier molecular flexibility index (Phi) is 3.35. The molecule has 3 rings (SSSR count). The molecule has 2 heterocycles. The van der Waals surface area contributed by atoms with E-state index < -0.39 is 6.10 Å². The van der Waals surface area contributed by atoms with Crippen LogP contribution in [0.3, 0.4) is 0 Å². The molecular weight excluding hydrogens is 324 g/mol. The second kappa shape index (κ2) is 5.00. The van der Waals surface area contributed by atoms with Crippen LogP contribution in [0.4, 0.5) is 0 Å². The van der Waals surface area contributed by atoms with Crippen LogP contribution in [0.25, 0.3) is 10.9 Å². The molecule has 0 saturated heterocycles. The summed E-state index contributed by atoms with van der Waals surface area (Å²) in [6, 6.07) is 9.78. The van der Waals surface area contributed by atoms with Gasteiger partial charge in [0, 0.05) is 16.5 Å². The third-order valence-corrected chi connectivity index (χ3v) is 4.50. The van der Waals surface area contributed by atoms with E-state index in [1.54, 1.807) is 0 Å². The Balaban J connectivity index is 2.03. The lowest BCUT2D eigenvalue weighted by Gasteiger charge is -2.09. The maximum Gasteiger partial charge on any atom is 0.131 e. The smallest absolute Gasteiger partial charge is 0.131 e. The molecule has 0 spiro atoms. The van der Waals surface area contributed by atoms with Gasteiger partial charge >= 0.3 is 0 Å². The number of hydrogen-bond donors (Lipinski definition) is 1. The number of aliphatic hydroxyl groups excluding tert-OH is 1. The zero-order valence-electron chi connectivity index (χ0n) is 10.2. The molecule has 1 unspecified atom stereocenters. The molecule has 96 valence electrons. The lowest BCUT2D eigenvalue weighted by atomic mass is 10.1. The second-order valence-electron chi connectivity index (χ2n) is 4.32. The van der Waals surface area contributed by atoms with Gasteiger partial charge in [-0.2, -0.15) is 0 Å². The molecular formula is C14H11BrN2OS. The first kappa shape index (κ1) is 12.7. The minimum absolute atomic E-state index is 0.686. The van der Waals surface area contributed by atoms with Crippen molar-refractivity contribution in [3.05, 3.63) is 56.6 Å². The first-order chi connectivity index (χ1) is 9.13. The number of aromatic nitrogens is 2. The van der Waals surface area contributed by atoms with E-state index in [0.717, 1.165) is 26.8 Å². The van der Waals surface area contributed by atoms with Crippen molar-refractivity contribution in [2.75, 3.05) is 0 Å². The van der Waals surface area contributed by atoms with Gasteiger partial charge in [0.15, 0.2) is 0 Å². The molecule has 19 heavy (non-hydrogen) atoms. The minimum atomic E-state index is -0.693. The first-order valence-corrected chi connectivity index (χ1v) is 7.47. The molecule has 5 heteroatoms. The van der Waals surface area contributed by atoms with Crippen LogP contribution in [0.5, 0.6) is 0 Å². The van der Waals surface area contributed by atoms with Crippen LogP contribution in [0, 0.1) is 6.92 Å². The number of fused-ring (bicyclic) bond motifs is 1. The van der Waals surface area contributed by atoms with Gasteiger partial charge in [-0.15, -0.1) is 11.3 Å². The Morgan fingerprint density at radius 1 is 1.21 bits per heavy atom. The highest BCUT2D eigenvalue weighted by atomic mass is 79.9. The fraction of sp³-hybridized carbons (Fsp3) is 0.143. The van der Waals surface area contributed by atoms with E-state index in [-0.39, 0.29) is 0 Å². The Hall–Kier alpha value is -1.30. The number of pyridine rings is 1. The van der Waals surface area contributed by atoms with Crippen LogP contribution in [-0.4, -0.2) is 15.1 Å². The summed E-state index contributed by atoms with van der Waals surface area (Å²) in [5, 5.41) is 13.9. The molecule has 0 aliphatic rings. The Labute approximate surface area is 123 Å². The van der Waals surface area contributed by atoms with Crippen molar-refractivity contribution in [1.29, 1.82) is 0 Å². The van der Waals surface area contributed by atoms with Crippen molar-refractivity contribution in [3.63, 3.8) is 0 Å². The largest absolute Gasteiger partial charge is 0.381 e. The molecule has 0 saturated carbocycles. The number of rotatable bonds is 2. The molecule has 1 aromatic carbocycles. The van der Waals surface area contributed by atoms with Gasteiger partial charge in [0.25, 0.3) is 0 Å². The van der Waals surface area contributed by atoms with Crippen LogP contribution in [0.1, 0.15) is 22.4 Å². The van der Waals surface area contributed by atoms with E-state index in [0.29, 0.717) is 5.01 Å². The zero-order chi connectivity index (χ0) is 13.4. The lowest BCUT2D eigenvalue weighted by molar-refractivity contribution is 0.220. The molecule has 3 nitrogen and oxygen atoms in total. The minimum Gasteiger partial charge on any atom is -0.381 e. The molecule has 0 bridgehead atoms. The molecule has 1 atom stereocenters. The average Bonchev–Trinajstić information content (AvgIpc) is 2.84. The van der Waals surface area contributed by atoms with Crippen molar-refractivity contribution in [1.82, 2.24) is 9.97 Å². The van der Waals surface area contributed by atoms with E-state index in [9.17, 15) is 5.11 Å². The number of benzene rings is 1. The molecule has 0 aliphatic heterocycles.